The number of rotatable bonds is 5. The van der Waals surface area contributed by atoms with Gasteiger partial charge in [0.15, 0.2) is 18.2 Å². The SMILES string of the molecule is CC(=O)OCC(=O)[C@@]1(C#CC(F)(F)F)CC[C@H]2[C@@H]3CCC4=CC(=O)CCC4=C3[C@@H](c3ccc(N(C)C)cc3)C[C@@]21C. The quantitative estimate of drug-likeness (QED) is 0.307. The van der Waals surface area contributed by atoms with Gasteiger partial charge in [0, 0.05) is 45.0 Å². The van der Waals surface area contributed by atoms with Crippen molar-refractivity contribution in [1.29, 1.82) is 0 Å². The molecule has 0 aliphatic heterocycles. The highest BCUT2D eigenvalue weighted by Crippen LogP contribution is 2.69. The fourth-order valence-electron chi connectivity index (χ4n) is 8.19. The van der Waals surface area contributed by atoms with Gasteiger partial charge >= 0.3 is 12.1 Å². The highest BCUT2D eigenvalue weighted by atomic mass is 19.4. The second-order valence-electron chi connectivity index (χ2n) is 12.4. The third-order valence-corrected chi connectivity index (χ3v) is 10.0. The Kier molecular flexibility index (Phi) is 7.46. The number of hydrogen-bond donors (Lipinski definition) is 0. The number of alkyl halides is 3. The molecule has 1 aromatic carbocycles. The Morgan fingerprint density at radius 1 is 1.10 bits per heavy atom. The summed E-state index contributed by atoms with van der Waals surface area (Å²) in [5.74, 6) is 2.67. The lowest BCUT2D eigenvalue weighted by molar-refractivity contribution is -0.150. The zero-order valence-electron chi connectivity index (χ0n) is 24.0. The first-order valence-electron chi connectivity index (χ1n) is 14.3. The van der Waals surface area contributed by atoms with Gasteiger partial charge in [0.25, 0.3) is 0 Å². The highest BCUT2D eigenvalue weighted by molar-refractivity contribution is 5.93. The Hall–Kier alpha value is -3.34. The van der Waals surface area contributed by atoms with E-state index in [1.165, 1.54) is 24.0 Å². The van der Waals surface area contributed by atoms with E-state index in [2.05, 4.69) is 18.1 Å². The lowest BCUT2D eigenvalue weighted by Gasteiger charge is -2.54. The standard InChI is InChI=1S/C33H36F3NO4/c1-20(38)41-19-29(40)32(15-16-33(34,35)36)14-13-28-26-11-7-22-17-24(39)10-12-25(22)30(26)27(18-31(28,32)2)21-5-8-23(9-6-21)37(3)4/h5-6,8-9,17,26-28H,7,10-14,18-19H2,1-4H3/t26-,27+,28-,31-,32-/m0/s1. The monoisotopic (exact) mass is 567 g/mol. The molecule has 0 N–H and O–H groups in total. The second kappa shape index (κ2) is 10.5. The fraction of sp³-hybridized carbons (Fsp3) is 0.545. The van der Waals surface area contributed by atoms with E-state index in [0.717, 1.165) is 29.7 Å². The summed E-state index contributed by atoms with van der Waals surface area (Å²) < 4.78 is 45.6. The van der Waals surface area contributed by atoms with E-state index in [0.29, 0.717) is 25.7 Å². The van der Waals surface area contributed by atoms with Gasteiger partial charge < -0.3 is 9.64 Å². The van der Waals surface area contributed by atoms with Gasteiger partial charge in [0.2, 0.25) is 0 Å². The van der Waals surface area contributed by atoms with Crippen molar-refractivity contribution < 1.29 is 32.3 Å². The largest absolute Gasteiger partial charge is 0.458 e. The number of carbonyl (C=O) groups is 3. The molecule has 41 heavy (non-hydrogen) atoms. The summed E-state index contributed by atoms with van der Waals surface area (Å²) in [5, 5.41) is 0. The van der Waals surface area contributed by atoms with Gasteiger partial charge in [0.1, 0.15) is 0 Å². The number of Topliss-reactive ketones (excluding diaryl/α,β-unsaturated/α-hetero) is 1. The molecular weight excluding hydrogens is 531 g/mol. The van der Waals surface area contributed by atoms with E-state index in [-0.39, 0.29) is 30.0 Å². The van der Waals surface area contributed by atoms with Crippen LogP contribution in [0.1, 0.15) is 70.3 Å². The third kappa shape index (κ3) is 5.13. The van der Waals surface area contributed by atoms with Gasteiger partial charge in [-0.3, -0.25) is 14.4 Å². The summed E-state index contributed by atoms with van der Waals surface area (Å²) in [6.45, 7) is 2.51. The van der Waals surface area contributed by atoms with E-state index in [4.69, 9.17) is 4.74 Å². The maximum atomic E-state index is 13.8. The molecule has 2 fully saturated rings. The van der Waals surface area contributed by atoms with Crippen molar-refractivity contribution in [1.82, 2.24) is 0 Å². The summed E-state index contributed by atoms with van der Waals surface area (Å²) in [7, 11) is 3.92. The number of anilines is 1. The Labute approximate surface area is 239 Å². The Bertz CT molecular complexity index is 1390. The molecule has 0 aromatic heterocycles. The van der Waals surface area contributed by atoms with E-state index >= 15 is 0 Å². The Morgan fingerprint density at radius 3 is 2.44 bits per heavy atom. The molecule has 0 amide bonds. The molecule has 8 heteroatoms. The van der Waals surface area contributed by atoms with Crippen LogP contribution in [-0.4, -0.2) is 44.4 Å². The predicted octanol–water partition coefficient (Wildman–Crippen LogP) is 6.34. The highest BCUT2D eigenvalue weighted by Gasteiger charge is 2.65. The van der Waals surface area contributed by atoms with Crippen LogP contribution < -0.4 is 4.90 Å². The summed E-state index contributed by atoms with van der Waals surface area (Å²) in [5.41, 5.74) is 3.17. The van der Waals surface area contributed by atoms with E-state index in [9.17, 15) is 27.6 Å². The second-order valence-corrected chi connectivity index (χ2v) is 12.4. The molecular formula is C33H36F3NO4. The zero-order valence-corrected chi connectivity index (χ0v) is 24.0. The number of carbonyl (C=O) groups excluding carboxylic acids is 3. The lowest BCUT2D eigenvalue weighted by atomic mass is 9.48. The number of nitrogens with zero attached hydrogens (tertiary/aromatic N) is 1. The van der Waals surface area contributed by atoms with Gasteiger partial charge in [-0.25, -0.2) is 0 Å². The fourth-order valence-corrected chi connectivity index (χ4v) is 8.19. The number of fused-ring (bicyclic) bond motifs is 4. The smallest absolute Gasteiger partial charge is 0.457 e. The minimum atomic E-state index is -4.76. The van der Waals surface area contributed by atoms with Crippen LogP contribution in [0.4, 0.5) is 18.9 Å². The first kappa shape index (κ1) is 29.2. The number of allylic oxidation sites excluding steroid dienone is 4. The van der Waals surface area contributed by atoms with Gasteiger partial charge in [0.05, 0.1) is 5.41 Å². The third-order valence-electron chi connectivity index (χ3n) is 10.0. The molecule has 0 saturated heterocycles. The van der Waals surface area contributed by atoms with Gasteiger partial charge in [-0.2, -0.15) is 13.2 Å². The van der Waals surface area contributed by atoms with Crippen molar-refractivity contribution >= 4 is 23.2 Å². The Balaban J connectivity index is 1.68. The van der Waals surface area contributed by atoms with Crippen molar-refractivity contribution in [3.8, 4) is 11.8 Å². The number of halogens is 3. The van der Waals surface area contributed by atoms with Crippen molar-refractivity contribution in [3.05, 3.63) is 52.6 Å². The van der Waals surface area contributed by atoms with Crippen molar-refractivity contribution in [2.24, 2.45) is 22.7 Å². The minimum absolute atomic E-state index is 0.0590. The topological polar surface area (TPSA) is 63.7 Å². The Morgan fingerprint density at radius 2 is 1.80 bits per heavy atom. The first-order valence-corrected chi connectivity index (χ1v) is 14.3. The zero-order chi connectivity index (χ0) is 29.7. The number of esters is 1. The molecule has 4 aliphatic carbocycles. The van der Waals surface area contributed by atoms with Gasteiger partial charge in [-0.1, -0.05) is 30.6 Å². The summed E-state index contributed by atoms with van der Waals surface area (Å²) >= 11 is 0. The molecule has 0 unspecified atom stereocenters. The van der Waals surface area contributed by atoms with E-state index in [1.807, 2.05) is 38.1 Å². The average molecular weight is 568 g/mol. The number of hydrogen-bond acceptors (Lipinski definition) is 5. The molecule has 0 spiro atoms. The van der Waals surface area contributed by atoms with Crippen LogP contribution in [0.25, 0.3) is 0 Å². The average Bonchev–Trinajstić information content (AvgIpc) is 3.22. The van der Waals surface area contributed by atoms with Crippen molar-refractivity contribution in [3.63, 3.8) is 0 Å². The molecule has 4 aliphatic rings. The normalized spacial score (nSPS) is 30.8. The van der Waals surface area contributed by atoms with Crippen LogP contribution in [0.15, 0.2) is 47.1 Å². The molecule has 0 heterocycles. The number of benzene rings is 1. The van der Waals surface area contributed by atoms with Crippen LogP contribution >= 0.6 is 0 Å². The molecule has 1 aromatic rings. The van der Waals surface area contributed by atoms with Crippen LogP contribution in [-0.2, 0) is 19.1 Å². The predicted molar refractivity (Wildman–Crippen MR) is 149 cm³/mol. The summed E-state index contributed by atoms with van der Waals surface area (Å²) in [6, 6.07) is 8.20. The van der Waals surface area contributed by atoms with Gasteiger partial charge in [-0.05, 0) is 90.7 Å². The summed E-state index contributed by atoms with van der Waals surface area (Å²) in [6.07, 6.45) is 0.812. The number of ether oxygens (including phenoxy) is 1. The molecule has 5 atom stereocenters. The van der Waals surface area contributed by atoms with Crippen LogP contribution in [0.5, 0.6) is 0 Å². The van der Waals surface area contributed by atoms with E-state index in [1.54, 1.807) is 6.08 Å². The molecule has 5 nitrogen and oxygen atoms in total. The van der Waals surface area contributed by atoms with Gasteiger partial charge in [-0.15, -0.1) is 0 Å². The van der Waals surface area contributed by atoms with Crippen LogP contribution in [0.2, 0.25) is 0 Å². The maximum Gasteiger partial charge on any atom is 0.457 e. The van der Waals surface area contributed by atoms with E-state index < -0.39 is 35.4 Å². The molecule has 5 rings (SSSR count). The van der Waals surface area contributed by atoms with Crippen molar-refractivity contribution in [2.45, 2.75) is 70.9 Å². The lowest BCUT2D eigenvalue weighted by Crippen LogP contribution is -2.51. The molecule has 218 valence electrons. The molecule has 0 radical (unpaired) electrons. The van der Waals surface area contributed by atoms with Crippen molar-refractivity contribution in [2.75, 3.05) is 25.6 Å². The molecule has 0 bridgehead atoms. The van der Waals surface area contributed by atoms with Crippen LogP contribution in [0, 0.1) is 34.5 Å². The van der Waals surface area contributed by atoms with Crippen LogP contribution in [0.3, 0.4) is 0 Å². The summed E-state index contributed by atoms with van der Waals surface area (Å²) in [4.78, 5) is 39.7. The first-order chi connectivity index (χ1) is 19.3. The minimum Gasteiger partial charge on any atom is -0.458 e. The molecule has 2 saturated carbocycles. The number of ketones is 2. The maximum absolute atomic E-state index is 13.8.